The van der Waals surface area contributed by atoms with Crippen LogP contribution in [0.2, 0.25) is 0 Å². The van der Waals surface area contributed by atoms with Crippen molar-refractivity contribution >= 4 is 17.7 Å². The van der Waals surface area contributed by atoms with Gasteiger partial charge in [-0.15, -0.1) is 0 Å². The lowest BCUT2D eigenvalue weighted by atomic mass is 10.1. The fourth-order valence-corrected chi connectivity index (χ4v) is 1.33. The molecule has 0 spiro atoms. The van der Waals surface area contributed by atoms with Crippen LogP contribution >= 0.6 is 0 Å². The average molecular weight is 252 g/mol. The Hall–Kier alpha value is -2.24. The molecule has 0 fully saturated rings. The second-order valence-corrected chi connectivity index (χ2v) is 3.64. The van der Waals surface area contributed by atoms with Crippen molar-refractivity contribution in [1.29, 1.82) is 0 Å². The Bertz CT molecular complexity index is 486. The zero-order valence-corrected chi connectivity index (χ0v) is 9.85. The molecule has 0 unspecified atom stereocenters. The van der Waals surface area contributed by atoms with E-state index in [-0.39, 0.29) is 5.91 Å². The Labute approximate surface area is 103 Å². The normalized spacial score (nSPS) is 10.6. The Morgan fingerprint density at radius 2 is 2.28 bits per heavy atom. The number of nitro benzene ring substituents is 1. The van der Waals surface area contributed by atoms with Gasteiger partial charge < -0.3 is 5.32 Å². The van der Waals surface area contributed by atoms with E-state index in [0.717, 1.165) is 12.1 Å². The summed E-state index contributed by atoms with van der Waals surface area (Å²) in [6.45, 7) is 1.93. The van der Waals surface area contributed by atoms with E-state index >= 15 is 0 Å². The van der Waals surface area contributed by atoms with Gasteiger partial charge in [-0.3, -0.25) is 14.9 Å². The Kier molecular flexibility index (Phi) is 4.98. The Morgan fingerprint density at radius 3 is 2.83 bits per heavy atom. The first-order chi connectivity index (χ1) is 8.50. The van der Waals surface area contributed by atoms with Crippen molar-refractivity contribution in [2.75, 3.05) is 6.54 Å². The number of hydrogen-bond acceptors (Lipinski definition) is 3. The van der Waals surface area contributed by atoms with Crippen molar-refractivity contribution in [1.82, 2.24) is 5.32 Å². The van der Waals surface area contributed by atoms with Crippen LogP contribution < -0.4 is 5.32 Å². The minimum absolute atomic E-state index is 0.107. The monoisotopic (exact) mass is 252 g/mol. The average Bonchev–Trinajstić information content (AvgIpc) is 2.27. The number of nitrogens with zero attached hydrogens (tertiary/aromatic N) is 1. The van der Waals surface area contributed by atoms with Crippen LogP contribution in [0.3, 0.4) is 0 Å². The zero-order chi connectivity index (χ0) is 13.5. The van der Waals surface area contributed by atoms with Gasteiger partial charge in [-0.1, -0.05) is 12.2 Å². The minimum Gasteiger partial charge on any atom is -0.356 e. The van der Waals surface area contributed by atoms with Gasteiger partial charge in [0.1, 0.15) is 0 Å². The molecule has 1 amide bonds. The predicted molar refractivity (Wildman–Crippen MR) is 65.4 cm³/mol. The summed E-state index contributed by atoms with van der Waals surface area (Å²) in [6, 6.07) is 3.70. The molecule has 0 aliphatic heterocycles. The second-order valence-electron chi connectivity index (χ2n) is 3.64. The van der Waals surface area contributed by atoms with Crippen LogP contribution in [0.15, 0.2) is 24.3 Å². The molecule has 0 saturated carbocycles. The third-order valence-corrected chi connectivity index (χ3v) is 2.16. The quantitative estimate of drug-likeness (QED) is 0.496. The fourth-order valence-electron chi connectivity index (χ4n) is 1.33. The van der Waals surface area contributed by atoms with Crippen LogP contribution in [0.5, 0.6) is 0 Å². The Morgan fingerprint density at radius 1 is 1.56 bits per heavy atom. The zero-order valence-electron chi connectivity index (χ0n) is 9.85. The number of hydrogen-bond donors (Lipinski definition) is 1. The highest BCUT2D eigenvalue weighted by Crippen LogP contribution is 2.18. The van der Waals surface area contributed by atoms with E-state index in [1.165, 1.54) is 13.0 Å². The highest BCUT2D eigenvalue weighted by molar-refractivity contribution is 5.72. The standard InChI is InChI=1S/C12H13FN2O3/c1-9(16)14-7-3-2-4-10-5-6-12(15(17)18)11(13)8-10/h2,4-6,8H,3,7H2,1H3,(H,14,16). The smallest absolute Gasteiger partial charge is 0.304 e. The van der Waals surface area contributed by atoms with E-state index in [9.17, 15) is 19.3 Å². The number of amides is 1. The van der Waals surface area contributed by atoms with Gasteiger partial charge in [-0.2, -0.15) is 4.39 Å². The van der Waals surface area contributed by atoms with Gasteiger partial charge in [0.2, 0.25) is 11.7 Å². The maximum Gasteiger partial charge on any atom is 0.304 e. The maximum absolute atomic E-state index is 13.2. The topological polar surface area (TPSA) is 72.2 Å². The van der Waals surface area contributed by atoms with E-state index in [4.69, 9.17) is 0 Å². The molecule has 1 N–H and O–H groups in total. The van der Waals surface area contributed by atoms with E-state index in [2.05, 4.69) is 5.32 Å². The maximum atomic E-state index is 13.2. The molecule has 1 rings (SSSR count). The van der Waals surface area contributed by atoms with Crippen LogP contribution in [0.1, 0.15) is 18.9 Å². The number of carbonyl (C=O) groups excluding carboxylic acids is 1. The SMILES string of the molecule is CC(=O)NCCC=Cc1ccc([N+](=O)[O-])c(F)c1. The fraction of sp³-hybridized carbons (Fsp3) is 0.250. The van der Waals surface area contributed by atoms with Crippen molar-refractivity contribution in [3.63, 3.8) is 0 Å². The van der Waals surface area contributed by atoms with Gasteiger partial charge >= 0.3 is 5.69 Å². The van der Waals surface area contributed by atoms with E-state index in [1.807, 2.05) is 0 Å². The lowest BCUT2D eigenvalue weighted by molar-refractivity contribution is -0.387. The molecule has 0 aliphatic rings. The summed E-state index contributed by atoms with van der Waals surface area (Å²) in [6.07, 6.45) is 4.02. The molecule has 1 aromatic carbocycles. The molecule has 96 valence electrons. The Balaban J connectivity index is 2.58. The van der Waals surface area contributed by atoms with E-state index in [1.54, 1.807) is 12.2 Å². The highest BCUT2D eigenvalue weighted by atomic mass is 19.1. The summed E-state index contributed by atoms with van der Waals surface area (Å²) in [5.41, 5.74) is 0.00585. The van der Waals surface area contributed by atoms with E-state index in [0.29, 0.717) is 18.5 Å². The molecule has 5 nitrogen and oxygen atoms in total. The molecule has 0 bridgehead atoms. The molecular weight excluding hydrogens is 239 g/mol. The molecule has 0 aliphatic carbocycles. The van der Waals surface area contributed by atoms with Crippen LogP contribution in [0.4, 0.5) is 10.1 Å². The summed E-state index contributed by atoms with van der Waals surface area (Å²) in [7, 11) is 0. The lowest BCUT2D eigenvalue weighted by Crippen LogP contribution is -2.20. The molecule has 18 heavy (non-hydrogen) atoms. The van der Waals surface area contributed by atoms with Gasteiger partial charge in [0.05, 0.1) is 4.92 Å². The van der Waals surface area contributed by atoms with Gasteiger partial charge in [0.25, 0.3) is 0 Å². The van der Waals surface area contributed by atoms with Crippen molar-refractivity contribution in [2.45, 2.75) is 13.3 Å². The number of nitro groups is 1. The van der Waals surface area contributed by atoms with Gasteiger partial charge in [0, 0.05) is 19.5 Å². The molecule has 0 saturated heterocycles. The predicted octanol–water partition coefficient (Wildman–Crippen LogP) is 2.27. The van der Waals surface area contributed by atoms with Crippen LogP contribution in [0, 0.1) is 15.9 Å². The summed E-state index contributed by atoms with van der Waals surface area (Å²) in [4.78, 5) is 20.2. The van der Waals surface area contributed by atoms with Gasteiger partial charge in [-0.05, 0) is 24.1 Å². The molecular formula is C12H13FN2O3. The minimum atomic E-state index is -0.857. The summed E-state index contributed by atoms with van der Waals surface area (Å²) < 4.78 is 13.2. The third-order valence-electron chi connectivity index (χ3n) is 2.16. The van der Waals surface area contributed by atoms with Gasteiger partial charge in [-0.25, -0.2) is 0 Å². The van der Waals surface area contributed by atoms with E-state index < -0.39 is 16.4 Å². The number of rotatable bonds is 5. The van der Waals surface area contributed by atoms with Gasteiger partial charge in [0.15, 0.2) is 0 Å². The van der Waals surface area contributed by atoms with Crippen molar-refractivity contribution in [3.05, 3.63) is 45.8 Å². The number of nitrogens with one attached hydrogen (secondary N) is 1. The lowest BCUT2D eigenvalue weighted by Gasteiger charge is -1.98. The summed E-state index contributed by atoms with van der Waals surface area (Å²) >= 11 is 0. The molecule has 6 heteroatoms. The molecule has 1 aromatic rings. The molecule has 0 atom stereocenters. The van der Waals surface area contributed by atoms with Crippen molar-refractivity contribution < 1.29 is 14.1 Å². The number of benzene rings is 1. The second kappa shape index (κ2) is 6.48. The summed E-state index contributed by atoms with van der Waals surface area (Å²) in [5.74, 6) is -0.964. The number of halogens is 1. The van der Waals surface area contributed by atoms with Crippen LogP contribution in [-0.2, 0) is 4.79 Å². The van der Waals surface area contributed by atoms with Crippen molar-refractivity contribution in [2.24, 2.45) is 0 Å². The highest BCUT2D eigenvalue weighted by Gasteiger charge is 2.12. The van der Waals surface area contributed by atoms with Crippen molar-refractivity contribution in [3.8, 4) is 0 Å². The third kappa shape index (κ3) is 4.32. The molecule has 0 heterocycles. The first-order valence-electron chi connectivity index (χ1n) is 5.35. The van der Waals surface area contributed by atoms with Crippen LogP contribution in [-0.4, -0.2) is 17.4 Å². The molecule has 0 aromatic heterocycles. The largest absolute Gasteiger partial charge is 0.356 e. The first kappa shape index (κ1) is 13.8. The molecule has 0 radical (unpaired) electrons. The summed E-state index contributed by atoms with van der Waals surface area (Å²) in [5, 5.41) is 13.0. The number of carbonyl (C=O) groups is 1. The van der Waals surface area contributed by atoms with Crippen LogP contribution in [0.25, 0.3) is 6.08 Å². The first-order valence-corrected chi connectivity index (χ1v) is 5.35.